The van der Waals surface area contributed by atoms with Crippen molar-refractivity contribution in [1.82, 2.24) is 19.4 Å². The first-order chi connectivity index (χ1) is 18.6. The lowest BCUT2D eigenvalue weighted by molar-refractivity contribution is -0.126. The number of nitrogens with zero attached hydrogens (tertiary/aromatic N) is 5. The van der Waals surface area contributed by atoms with E-state index in [1.807, 2.05) is 13.0 Å². The fraction of sp³-hybridized carbons (Fsp3) is 0.414. The molecule has 4 aromatic rings. The second-order valence-corrected chi connectivity index (χ2v) is 11.4. The van der Waals surface area contributed by atoms with Crippen molar-refractivity contribution in [3.05, 3.63) is 63.9 Å². The summed E-state index contributed by atoms with van der Waals surface area (Å²) < 4.78 is 40.7. The summed E-state index contributed by atoms with van der Waals surface area (Å²) in [6.07, 6.45) is 0.108. The fourth-order valence-electron chi connectivity index (χ4n) is 5.27. The molecule has 1 aliphatic heterocycles. The summed E-state index contributed by atoms with van der Waals surface area (Å²) in [7, 11) is 0. The molecule has 1 aliphatic rings. The Kier molecular flexibility index (Phi) is 7.65. The maximum Gasteiger partial charge on any atom is 0.393 e. The van der Waals surface area contributed by atoms with Crippen molar-refractivity contribution in [1.29, 1.82) is 5.26 Å². The number of hydrogen-bond acceptors (Lipinski definition) is 6. The normalized spacial score (nSPS) is 15.8. The van der Waals surface area contributed by atoms with Crippen LogP contribution < -0.4 is 5.32 Å². The summed E-state index contributed by atoms with van der Waals surface area (Å²) in [6, 6.07) is 10.4. The van der Waals surface area contributed by atoms with Gasteiger partial charge in [-0.3, -0.25) is 4.90 Å². The molecule has 0 unspecified atom stereocenters. The topological polar surface area (TPSA) is 69.8 Å². The van der Waals surface area contributed by atoms with Crippen LogP contribution in [0.5, 0.6) is 0 Å². The number of nitriles is 1. The van der Waals surface area contributed by atoms with E-state index in [2.05, 4.69) is 62.9 Å². The van der Waals surface area contributed by atoms with Gasteiger partial charge in [-0.1, -0.05) is 17.7 Å². The zero-order chi connectivity index (χ0) is 27.7. The summed E-state index contributed by atoms with van der Waals surface area (Å²) in [4.78, 5) is 11.8. The highest BCUT2D eigenvalue weighted by atomic mass is 32.1. The third-order valence-corrected chi connectivity index (χ3v) is 8.60. The van der Waals surface area contributed by atoms with Crippen LogP contribution in [0.4, 0.5) is 19.0 Å². The monoisotopic (exact) mass is 552 g/mol. The number of anilines is 1. The Morgan fingerprint density at radius 2 is 1.97 bits per heavy atom. The number of fused-ring (bicyclic) bond motifs is 2. The van der Waals surface area contributed by atoms with E-state index in [1.165, 1.54) is 23.0 Å². The number of likely N-dealkylation sites (tertiary alicyclic amines) is 1. The molecule has 0 amide bonds. The van der Waals surface area contributed by atoms with Gasteiger partial charge in [-0.25, -0.2) is 9.97 Å². The molecule has 1 saturated heterocycles. The molecule has 10 heteroatoms. The van der Waals surface area contributed by atoms with Crippen LogP contribution in [0.15, 0.2) is 42.2 Å². The van der Waals surface area contributed by atoms with Crippen molar-refractivity contribution in [2.75, 3.05) is 18.4 Å². The van der Waals surface area contributed by atoms with Crippen LogP contribution in [0.3, 0.4) is 0 Å². The molecule has 5 rings (SSSR count). The van der Waals surface area contributed by atoms with Crippen molar-refractivity contribution < 1.29 is 13.2 Å². The molecule has 1 aromatic carbocycles. The Morgan fingerprint density at radius 3 is 2.67 bits per heavy atom. The molecular weight excluding hydrogens is 521 g/mol. The van der Waals surface area contributed by atoms with Gasteiger partial charge in [0.2, 0.25) is 0 Å². The molecule has 3 aromatic heterocycles. The standard InChI is InChI=1S/C29H31F3N6S/c1-4-18(2)15-38-22(14-33)11-24-19(3)20(5-6-26(24)38)16-37-9-7-21(8-10-37)36-27-25-12-23(13-29(30,31)32)39-28(25)35-17-34-27/h4-6,11-12,17,21H,7-10,13,15-16H2,1-3H3,(H,34,35,36)/b18-4-. The second-order valence-electron chi connectivity index (χ2n) is 10.3. The zero-order valence-corrected chi connectivity index (χ0v) is 23.1. The maximum atomic E-state index is 12.9. The quantitative estimate of drug-likeness (QED) is 0.251. The predicted molar refractivity (Wildman–Crippen MR) is 150 cm³/mol. The molecule has 1 N–H and O–H groups in total. The van der Waals surface area contributed by atoms with Gasteiger partial charge >= 0.3 is 6.18 Å². The lowest BCUT2D eigenvalue weighted by Gasteiger charge is -2.33. The van der Waals surface area contributed by atoms with Crippen molar-refractivity contribution in [3.8, 4) is 6.07 Å². The molecule has 0 aliphatic carbocycles. The average molecular weight is 553 g/mol. The van der Waals surface area contributed by atoms with Crippen LogP contribution >= 0.6 is 11.3 Å². The van der Waals surface area contributed by atoms with Gasteiger partial charge < -0.3 is 9.88 Å². The summed E-state index contributed by atoms with van der Waals surface area (Å²) in [5.41, 5.74) is 5.43. The van der Waals surface area contributed by atoms with Gasteiger partial charge in [-0.2, -0.15) is 18.4 Å². The number of piperidine rings is 1. The highest BCUT2D eigenvalue weighted by Crippen LogP contribution is 2.33. The van der Waals surface area contributed by atoms with E-state index in [1.54, 1.807) is 6.07 Å². The Balaban J connectivity index is 1.25. The van der Waals surface area contributed by atoms with Crippen LogP contribution in [-0.4, -0.2) is 44.7 Å². The second kappa shape index (κ2) is 11.0. The number of allylic oxidation sites excluding steroid dienone is 2. The highest BCUT2D eigenvalue weighted by molar-refractivity contribution is 7.18. The number of hydrogen-bond donors (Lipinski definition) is 1. The van der Waals surface area contributed by atoms with Crippen LogP contribution in [0.2, 0.25) is 0 Å². The van der Waals surface area contributed by atoms with E-state index in [0.717, 1.165) is 54.7 Å². The van der Waals surface area contributed by atoms with Gasteiger partial charge in [0.05, 0.1) is 11.8 Å². The van der Waals surface area contributed by atoms with Crippen molar-refractivity contribution >= 4 is 38.3 Å². The first-order valence-corrected chi connectivity index (χ1v) is 13.9. The number of rotatable bonds is 7. The van der Waals surface area contributed by atoms with Crippen LogP contribution in [0.25, 0.3) is 21.1 Å². The van der Waals surface area contributed by atoms with E-state index in [9.17, 15) is 18.4 Å². The van der Waals surface area contributed by atoms with Crippen LogP contribution in [0, 0.1) is 18.3 Å². The third kappa shape index (κ3) is 5.94. The van der Waals surface area contributed by atoms with Crippen LogP contribution in [-0.2, 0) is 19.5 Å². The van der Waals surface area contributed by atoms with Crippen molar-refractivity contribution in [2.24, 2.45) is 0 Å². The van der Waals surface area contributed by atoms with Gasteiger partial charge in [-0.05, 0) is 62.9 Å². The minimum atomic E-state index is -4.25. The van der Waals surface area contributed by atoms with Crippen molar-refractivity contribution in [3.63, 3.8) is 0 Å². The first-order valence-electron chi connectivity index (χ1n) is 13.1. The van der Waals surface area contributed by atoms with Gasteiger partial charge in [0.25, 0.3) is 0 Å². The van der Waals surface area contributed by atoms with E-state index < -0.39 is 12.6 Å². The van der Waals surface area contributed by atoms with Crippen LogP contribution in [0.1, 0.15) is 48.4 Å². The predicted octanol–water partition coefficient (Wildman–Crippen LogP) is 6.97. The lowest BCUT2D eigenvalue weighted by Crippen LogP contribution is -2.39. The van der Waals surface area contributed by atoms with Gasteiger partial charge in [-0.15, -0.1) is 11.3 Å². The minimum absolute atomic E-state index is 0.191. The molecular formula is C29H31F3N6S. The molecule has 0 bridgehead atoms. The van der Waals surface area contributed by atoms with E-state index >= 15 is 0 Å². The lowest BCUT2D eigenvalue weighted by atomic mass is 10.0. The molecule has 39 heavy (non-hydrogen) atoms. The molecule has 6 nitrogen and oxygen atoms in total. The number of benzene rings is 1. The Hall–Kier alpha value is -3.42. The van der Waals surface area contributed by atoms with E-state index in [-0.39, 0.29) is 10.9 Å². The van der Waals surface area contributed by atoms with Crippen molar-refractivity contribution in [2.45, 2.75) is 65.3 Å². The molecule has 204 valence electrons. The van der Waals surface area contributed by atoms with E-state index in [0.29, 0.717) is 28.3 Å². The average Bonchev–Trinajstić information content (AvgIpc) is 3.47. The molecule has 0 spiro atoms. The molecule has 0 atom stereocenters. The first kappa shape index (κ1) is 27.2. The number of nitrogens with one attached hydrogen (secondary N) is 1. The van der Waals surface area contributed by atoms with E-state index in [4.69, 9.17) is 0 Å². The fourth-order valence-corrected chi connectivity index (χ4v) is 6.30. The smallest absolute Gasteiger partial charge is 0.367 e. The molecule has 0 radical (unpaired) electrons. The summed E-state index contributed by atoms with van der Waals surface area (Å²) in [5.74, 6) is 0.607. The molecule has 4 heterocycles. The molecule has 1 fully saturated rings. The summed E-state index contributed by atoms with van der Waals surface area (Å²) >= 11 is 1.07. The highest BCUT2D eigenvalue weighted by Gasteiger charge is 2.29. The Morgan fingerprint density at radius 1 is 1.21 bits per heavy atom. The number of halogens is 3. The Bertz CT molecular complexity index is 1570. The zero-order valence-electron chi connectivity index (χ0n) is 22.3. The summed E-state index contributed by atoms with van der Waals surface area (Å²) in [6.45, 7) is 9.56. The van der Waals surface area contributed by atoms with Gasteiger partial charge in [0.15, 0.2) is 0 Å². The number of aryl methyl sites for hydroxylation is 1. The van der Waals surface area contributed by atoms with Gasteiger partial charge in [0.1, 0.15) is 28.7 Å². The number of aromatic nitrogens is 3. The minimum Gasteiger partial charge on any atom is -0.367 e. The molecule has 0 saturated carbocycles. The largest absolute Gasteiger partial charge is 0.393 e. The number of thiophene rings is 1. The van der Waals surface area contributed by atoms with Gasteiger partial charge in [0, 0.05) is 48.0 Å². The maximum absolute atomic E-state index is 12.9. The Labute approximate surface area is 229 Å². The number of alkyl halides is 3. The summed E-state index contributed by atoms with van der Waals surface area (Å²) in [5, 5.41) is 14.9. The SMILES string of the molecule is C/C=C(/C)Cn1c(C#N)cc2c(C)c(CN3CCC(Nc4ncnc5sc(CC(F)(F)F)cc45)CC3)ccc21. The third-order valence-electron chi connectivity index (χ3n) is 7.56.